The summed E-state index contributed by atoms with van der Waals surface area (Å²) in [7, 11) is 0. The Kier molecular flexibility index (Phi) is 5.54. The third-order valence-corrected chi connectivity index (χ3v) is 3.63. The monoisotopic (exact) mass is 198 g/mol. The van der Waals surface area contributed by atoms with E-state index in [1.807, 2.05) is 0 Å². The van der Waals surface area contributed by atoms with Crippen LogP contribution in [0, 0.1) is 11.8 Å². The fourth-order valence-corrected chi connectivity index (χ4v) is 2.63. The molecule has 3 atom stereocenters. The highest BCUT2D eigenvalue weighted by Crippen LogP contribution is 2.32. The Bertz CT molecular complexity index is 144. The van der Waals surface area contributed by atoms with E-state index in [1.165, 1.54) is 44.9 Å². The molecular formula is C13H26O. The first-order valence-electron chi connectivity index (χ1n) is 6.42. The van der Waals surface area contributed by atoms with Crippen LogP contribution in [0.5, 0.6) is 0 Å². The molecule has 1 aliphatic carbocycles. The van der Waals surface area contributed by atoms with Crippen LogP contribution in [0.25, 0.3) is 0 Å². The highest BCUT2D eigenvalue weighted by molar-refractivity contribution is 4.77. The molecule has 1 N–H and O–H groups in total. The first-order valence-corrected chi connectivity index (χ1v) is 6.42. The molecule has 0 spiro atoms. The van der Waals surface area contributed by atoms with Crippen molar-refractivity contribution in [2.75, 3.05) is 0 Å². The lowest BCUT2D eigenvalue weighted by Crippen LogP contribution is -2.28. The molecule has 0 radical (unpaired) electrons. The van der Waals surface area contributed by atoms with Gasteiger partial charge < -0.3 is 5.11 Å². The summed E-state index contributed by atoms with van der Waals surface area (Å²) in [5.74, 6) is 1.45. The summed E-state index contributed by atoms with van der Waals surface area (Å²) in [6.45, 7) is 4.57. The minimum Gasteiger partial charge on any atom is -0.393 e. The molecule has 1 aliphatic rings. The molecule has 14 heavy (non-hydrogen) atoms. The zero-order valence-electron chi connectivity index (χ0n) is 9.84. The first-order chi connectivity index (χ1) is 6.74. The number of rotatable bonds is 5. The molecule has 1 heteroatoms. The molecule has 0 aromatic rings. The molecule has 1 rings (SSSR count). The summed E-state index contributed by atoms with van der Waals surface area (Å²) in [5, 5.41) is 9.84. The molecule has 0 amide bonds. The Hall–Kier alpha value is -0.0400. The summed E-state index contributed by atoms with van der Waals surface area (Å²) >= 11 is 0. The maximum absolute atomic E-state index is 9.84. The number of aliphatic hydroxyl groups excluding tert-OH is 1. The number of hydrogen-bond donors (Lipinski definition) is 1. The van der Waals surface area contributed by atoms with Gasteiger partial charge in [0.2, 0.25) is 0 Å². The highest BCUT2D eigenvalue weighted by atomic mass is 16.3. The van der Waals surface area contributed by atoms with E-state index in [9.17, 15) is 5.11 Å². The minimum atomic E-state index is 0.00725. The van der Waals surface area contributed by atoms with Crippen LogP contribution in [-0.4, -0.2) is 11.2 Å². The maximum atomic E-state index is 9.84. The van der Waals surface area contributed by atoms with E-state index >= 15 is 0 Å². The van der Waals surface area contributed by atoms with Crippen molar-refractivity contribution < 1.29 is 5.11 Å². The van der Waals surface area contributed by atoms with Gasteiger partial charge in [-0.25, -0.2) is 0 Å². The van der Waals surface area contributed by atoms with E-state index < -0.39 is 0 Å². The first kappa shape index (κ1) is 12.0. The van der Waals surface area contributed by atoms with Gasteiger partial charge in [0.15, 0.2) is 0 Å². The van der Waals surface area contributed by atoms with Crippen molar-refractivity contribution >= 4 is 0 Å². The standard InChI is InChI=1S/C13H26O/c1-3-4-5-6-7-12-10-11(2)8-9-13(12)14/h11-14H,3-10H2,1-2H3. The van der Waals surface area contributed by atoms with E-state index in [-0.39, 0.29) is 6.10 Å². The van der Waals surface area contributed by atoms with Crippen LogP contribution >= 0.6 is 0 Å². The van der Waals surface area contributed by atoms with Crippen LogP contribution in [0.15, 0.2) is 0 Å². The summed E-state index contributed by atoms with van der Waals surface area (Å²) < 4.78 is 0. The number of unbranched alkanes of at least 4 members (excludes halogenated alkanes) is 3. The molecule has 1 nitrogen and oxygen atoms in total. The second-order valence-electron chi connectivity index (χ2n) is 5.09. The topological polar surface area (TPSA) is 20.2 Å². The molecular weight excluding hydrogens is 172 g/mol. The molecule has 3 unspecified atom stereocenters. The van der Waals surface area contributed by atoms with Crippen LogP contribution in [-0.2, 0) is 0 Å². The SMILES string of the molecule is CCCCCCC1CC(C)CCC1O. The highest BCUT2D eigenvalue weighted by Gasteiger charge is 2.26. The van der Waals surface area contributed by atoms with Crippen LogP contribution in [0.1, 0.15) is 65.2 Å². The third-order valence-electron chi connectivity index (χ3n) is 3.63. The fourth-order valence-electron chi connectivity index (χ4n) is 2.63. The lowest BCUT2D eigenvalue weighted by molar-refractivity contribution is 0.0461. The lowest BCUT2D eigenvalue weighted by atomic mass is 9.78. The average Bonchev–Trinajstić information content (AvgIpc) is 2.18. The van der Waals surface area contributed by atoms with Crippen molar-refractivity contribution in [3.05, 3.63) is 0 Å². The quantitative estimate of drug-likeness (QED) is 0.667. The predicted molar refractivity (Wildman–Crippen MR) is 61.3 cm³/mol. The average molecular weight is 198 g/mol. The minimum absolute atomic E-state index is 0.00725. The van der Waals surface area contributed by atoms with E-state index in [0.717, 1.165) is 12.3 Å². The molecule has 0 aromatic heterocycles. The Morgan fingerprint density at radius 3 is 2.64 bits per heavy atom. The zero-order valence-corrected chi connectivity index (χ0v) is 9.84. The van der Waals surface area contributed by atoms with Gasteiger partial charge in [0, 0.05) is 0 Å². The van der Waals surface area contributed by atoms with E-state index in [1.54, 1.807) is 0 Å². The second-order valence-corrected chi connectivity index (χ2v) is 5.09. The summed E-state index contributed by atoms with van der Waals surface area (Å²) in [6, 6.07) is 0. The van der Waals surface area contributed by atoms with Gasteiger partial charge in [0.25, 0.3) is 0 Å². The number of hydrogen-bond acceptors (Lipinski definition) is 1. The Balaban J connectivity index is 2.14. The molecule has 0 heterocycles. The fraction of sp³-hybridized carbons (Fsp3) is 1.00. The third kappa shape index (κ3) is 4.00. The lowest BCUT2D eigenvalue weighted by Gasteiger charge is -2.31. The molecule has 0 saturated heterocycles. The molecule has 1 fully saturated rings. The van der Waals surface area contributed by atoms with Gasteiger partial charge in [-0.1, -0.05) is 39.5 Å². The summed E-state index contributed by atoms with van der Waals surface area (Å²) in [5.41, 5.74) is 0. The van der Waals surface area contributed by atoms with Gasteiger partial charge in [0.05, 0.1) is 6.10 Å². The Labute approximate surface area is 88.9 Å². The second kappa shape index (κ2) is 6.44. The normalized spacial score (nSPS) is 33.2. The van der Waals surface area contributed by atoms with E-state index in [2.05, 4.69) is 13.8 Å². The Morgan fingerprint density at radius 1 is 1.14 bits per heavy atom. The van der Waals surface area contributed by atoms with Gasteiger partial charge in [0.1, 0.15) is 0 Å². The van der Waals surface area contributed by atoms with Crippen molar-refractivity contribution in [3.8, 4) is 0 Å². The largest absolute Gasteiger partial charge is 0.393 e. The molecule has 84 valence electrons. The maximum Gasteiger partial charge on any atom is 0.0568 e. The summed E-state index contributed by atoms with van der Waals surface area (Å²) in [6.07, 6.45) is 10.1. The van der Waals surface area contributed by atoms with Crippen molar-refractivity contribution in [3.63, 3.8) is 0 Å². The molecule has 0 aromatic carbocycles. The predicted octanol–water partition coefficient (Wildman–Crippen LogP) is 3.75. The zero-order chi connectivity index (χ0) is 10.4. The van der Waals surface area contributed by atoms with Gasteiger partial charge in [-0.15, -0.1) is 0 Å². The van der Waals surface area contributed by atoms with Gasteiger partial charge in [-0.3, -0.25) is 0 Å². The van der Waals surface area contributed by atoms with Crippen LogP contribution in [0.2, 0.25) is 0 Å². The van der Waals surface area contributed by atoms with Gasteiger partial charge >= 0.3 is 0 Å². The number of aliphatic hydroxyl groups is 1. The molecule has 0 bridgehead atoms. The van der Waals surface area contributed by atoms with Crippen LogP contribution < -0.4 is 0 Å². The summed E-state index contributed by atoms with van der Waals surface area (Å²) in [4.78, 5) is 0. The van der Waals surface area contributed by atoms with Crippen molar-refractivity contribution in [1.29, 1.82) is 0 Å². The van der Waals surface area contributed by atoms with Gasteiger partial charge in [-0.05, 0) is 37.5 Å². The Morgan fingerprint density at radius 2 is 1.93 bits per heavy atom. The van der Waals surface area contributed by atoms with Crippen molar-refractivity contribution in [1.82, 2.24) is 0 Å². The van der Waals surface area contributed by atoms with Crippen molar-refractivity contribution in [2.45, 2.75) is 71.3 Å². The van der Waals surface area contributed by atoms with Crippen molar-refractivity contribution in [2.24, 2.45) is 11.8 Å². The van der Waals surface area contributed by atoms with Gasteiger partial charge in [-0.2, -0.15) is 0 Å². The molecule has 0 aliphatic heterocycles. The van der Waals surface area contributed by atoms with E-state index in [0.29, 0.717) is 5.92 Å². The molecule has 1 saturated carbocycles. The van der Waals surface area contributed by atoms with Crippen LogP contribution in [0.4, 0.5) is 0 Å². The van der Waals surface area contributed by atoms with Crippen LogP contribution in [0.3, 0.4) is 0 Å². The van der Waals surface area contributed by atoms with E-state index in [4.69, 9.17) is 0 Å². The smallest absolute Gasteiger partial charge is 0.0568 e.